The van der Waals surface area contributed by atoms with E-state index in [1.54, 1.807) is 12.1 Å². The molecule has 0 aliphatic heterocycles. The largest absolute Gasteiger partial charge is 0.207 e. The van der Waals surface area contributed by atoms with Gasteiger partial charge >= 0.3 is 0 Å². The molecule has 6 aromatic carbocycles. The van der Waals surface area contributed by atoms with Crippen LogP contribution in [0.1, 0.15) is 30.5 Å². The molecule has 0 N–H and O–H groups in total. The predicted molar refractivity (Wildman–Crippen MR) is 155 cm³/mol. The summed E-state index contributed by atoms with van der Waals surface area (Å²) < 4.78 is 13.8. The molecule has 0 saturated heterocycles. The van der Waals surface area contributed by atoms with Crippen LogP contribution in [0.15, 0.2) is 109 Å². The zero-order valence-corrected chi connectivity index (χ0v) is 21.3. The highest BCUT2D eigenvalue weighted by Gasteiger charge is 2.35. The standard InChI is InChI=1S/C36H27F/c1-22-12-18-30-31(20-22)35(29-10-5-4-9-28(29)34(30)23-13-16-25(37)17-14-23)24-15-19-27-26-8-6-7-11-32(26)36(2,3)33(27)21-24/h4-21H,1-3H3. The molecule has 1 aliphatic rings. The fourth-order valence-corrected chi connectivity index (χ4v) is 6.39. The van der Waals surface area contributed by atoms with E-state index in [1.165, 1.54) is 60.5 Å². The van der Waals surface area contributed by atoms with E-state index in [4.69, 9.17) is 0 Å². The van der Waals surface area contributed by atoms with E-state index in [0.717, 1.165) is 11.1 Å². The van der Waals surface area contributed by atoms with Crippen molar-refractivity contribution in [1.82, 2.24) is 0 Å². The minimum atomic E-state index is -0.216. The lowest BCUT2D eigenvalue weighted by Gasteiger charge is -2.23. The monoisotopic (exact) mass is 478 g/mol. The Morgan fingerprint density at radius 1 is 0.514 bits per heavy atom. The van der Waals surface area contributed by atoms with Crippen LogP contribution in [0.2, 0.25) is 0 Å². The molecule has 0 nitrogen and oxygen atoms in total. The number of hydrogen-bond donors (Lipinski definition) is 0. The average molecular weight is 479 g/mol. The Morgan fingerprint density at radius 2 is 1.11 bits per heavy atom. The Bertz CT molecular complexity index is 1860. The van der Waals surface area contributed by atoms with Crippen molar-refractivity contribution in [3.63, 3.8) is 0 Å². The number of halogens is 1. The van der Waals surface area contributed by atoms with Crippen LogP contribution in [0.4, 0.5) is 4.39 Å². The summed E-state index contributed by atoms with van der Waals surface area (Å²) in [5.41, 5.74) is 11.3. The SMILES string of the molecule is Cc1ccc2c(-c3ccc(F)cc3)c3ccccc3c(-c3ccc4c(c3)C(C)(C)c3ccccc3-4)c2c1. The van der Waals surface area contributed by atoms with Crippen molar-refractivity contribution in [3.8, 4) is 33.4 Å². The van der Waals surface area contributed by atoms with Gasteiger partial charge in [0.05, 0.1) is 0 Å². The summed E-state index contributed by atoms with van der Waals surface area (Å²) in [4.78, 5) is 0. The lowest BCUT2D eigenvalue weighted by atomic mass is 9.80. The molecule has 0 aromatic heterocycles. The summed E-state index contributed by atoms with van der Waals surface area (Å²) in [5, 5.41) is 4.82. The molecule has 6 aromatic rings. The van der Waals surface area contributed by atoms with Gasteiger partial charge in [-0.25, -0.2) is 4.39 Å². The molecule has 0 saturated carbocycles. The van der Waals surface area contributed by atoms with Crippen LogP contribution in [0, 0.1) is 12.7 Å². The number of fused-ring (bicyclic) bond motifs is 5. The molecule has 37 heavy (non-hydrogen) atoms. The third-order valence-corrected chi connectivity index (χ3v) is 8.18. The van der Waals surface area contributed by atoms with Gasteiger partial charge in [0.15, 0.2) is 0 Å². The molecule has 1 aliphatic carbocycles. The van der Waals surface area contributed by atoms with Crippen molar-refractivity contribution >= 4 is 21.5 Å². The molecule has 7 rings (SSSR count). The molecule has 0 heterocycles. The molecule has 0 fully saturated rings. The van der Waals surface area contributed by atoms with E-state index < -0.39 is 0 Å². The van der Waals surface area contributed by atoms with Crippen LogP contribution in [0.25, 0.3) is 54.9 Å². The van der Waals surface area contributed by atoms with E-state index in [2.05, 4.69) is 106 Å². The van der Waals surface area contributed by atoms with Crippen LogP contribution in [0.5, 0.6) is 0 Å². The zero-order valence-electron chi connectivity index (χ0n) is 21.3. The summed E-state index contributed by atoms with van der Waals surface area (Å²) >= 11 is 0. The lowest BCUT2D eigenvalue weighted by molar-refractivity contribution is 0.628. The predicted octanol–water partition coefficient (Wildman–Crippen LogP) is 10.1. The summed E-state index contributed by atoms with van der Waals surface area (Å²) in [7, 11) is 0. The summed E-state index contributed by atoms with van der Waals surface area (Å²) in [6, 6.07) is 38.0. The summed E-state index contributed by atoms with van der Waals surface area (Å²) in [6.07, 6.45) is 0. The first-order valence-electron chi connectivity index (χ1n) is 12.9. The van der Waals surface area contributed by atoms with Gasteiger partial charge < -0.3 is 0 Å². The summed E-state index contributed by atoms with van der Waals surface area (Å²) in [5.74, 6) is -0.216. The van der Waals surface area contributed by atoms with E-state index >= 15 is 0 Å². The molecule has 0 bridgehead atoms. The van der Waals surface area contributed by atoms with Crippen molar-refractivity contribution in [2.75, 3.05) is 0 Å². The number of rotatable bonds is 2. The van der Waals surface area contributed by atoms with E-state index in [9.17, 15) is 4.39 Å². The fraction of sp³-hybridized carbons (Fsp3) is 0.111. The summed E-state index contributed by atoms with van der Waals surface area (Å²) in [6.45, 7) is 6.82. The van der Waals surface area contributed by atoms with Gasteiger partial charge in [-0.1, -0.05) is 110 Å². The maximum atomic E-state index is 13.8. The van der Waals surface area contributed by atoms with Gasteiger partial charge in [-0.15, -0.1) is 0 Å². The second kappa shape index (κ2) is 7.88. The smallest absolute Gasteiger partial charge is 0.123 e. The first kappa shape index (κ1) is 22.0. The third kappa shape index (κ3) is 3.20. The number of hydrogen-bond acceptors (Lipinski definition) is 0. The fourth-order valence-electron chi connectivity index (χ4n) is 6.39. The average Bonchev–Trinajstić information content (AvgIpc) is 3.14. The molecule has 0 spiro atoms. The molecule has 0 unspecified atom stereocenters. The molecule has 178 valence electrons. The Balaban J connectivity index is 1.58. The maximum absolute atomic E-state index is 13.8. The number of aryl methyl sites for hydroxylation is 1. The van der Waals surface area contributed by atoms with Gasteiger partial charge in [-0.2, -0.15) is 0 Å². The lowest BCUT2D eigenvalue weighted by Crippen LogP contribution is -2.14. The molecular weight excluding hydrogens is 451 g/mol. The quantitative estimate of drug-likeness (QED) is 0.217. The van der Waals surface area contributed by atoms with Crippen molar-refractivity contribution in [2.45, 2.75) is 26.2 Å². The van der Waals surface area contributed by atoms with Gasteiger partial charge in [-0.05, 0) is 91.2 Å². The van der Waals surface area contributed by atoms with E-state index in [0.29, 0.717) is 0 Å². The minimum absolute atomic E-state index is 0.0580. The molecule has 0 amide bonds. The molecular formula is C36H27F. The molecule has 0 radical (unpaired) electrons. The van der Waals surface area contributed by atoms with Crippen LogP contribution >= 0.6 is 0 Å². The highest BCUT2D eigenvalue weighted by Crippen LogP contribution is 2.51. The van der Waals surface area contributed by atoms with Crippen molar-refractivity contribution in [1.29, 1.82) is 0 Å². The van der Waals surface area contributed by atoms with Gasteiger partial charge in [0.1, 0.15) is 5.82 Å². The molecule has 1 heteroatoms. The van der Waals surface area contributed by atoms with Gasteiger partial charge in [0.25, 0.3) is 0 Å². The van der Waals surface area contributed by atoms with Crippen molar-refractivity contribution in [2.24, 2.45) is 0 Å². The van der Waals surface area contributed by atoms with Crippen LogP contribution in [-0.4, -0.2) is 0 Å². The maximum Gasteiger partial charge on any atom is 0.123 e. The van der Waals surface area contributed by atoms with Crippen LogP contribution in [0.3, 0.4) is 0 Å². The van der Waals surface area contributed by atoms with Crippen molar-refractivity contribution in [3.05, 3.63) is 132 Å². The minimum Gasteiger partial charge on any atom is -0.207 e. The van der Waals surface area contributed by atoms with Gasteiger partial charge in [0.2, 0.25) is 0 Å². The highest BCUT2D eigenvalue weighted by molar-refractivity contribution is 6.21. The van der Waals surface area contributed by atoms with Gasteiger partial charge in [0, 0.05) is 5.41 Å². The Labute approximate surface area is 217 Å². The van der Waals surface area contributed by atoms with Crippen LogP contribution < -0.4 is 0 Å². The van der Waals surface area contributed by atoms with Crippen molar-refractivity contribution < 1.29 is 4.39 Å². The van der Waals surface area contributed by atoms with E-state index in [-0.39, 0.29) is 11.2 Å². The molecule has 0 atom stereocenters. The van der Waals surface area contributed by atoms with Crippen LogP contribution in [-0.2, 0) is 5.41 Å². The Morgan fingerprint density at radius 3 is 1.86 bits per heavy atom. The Hall–Kier alpha value is -4.23. The zero-order chi connectivity index (χ0) is 25.3. The van der Waals surface area contributed by atoms with Gasteiger partial charge in [-0.3, -0.25) is 0 Å². The first-order chi connectivity index (χ1) is 17.9. The first-order valence-corrected chi connectivity index (χ1v) is 12.9. The topological polar surface area (TPSA) is 0 Å². The number of benzene rings is 6. The second-order valence-corrected chi connectivity index (χ2v) is 10.8. The third-order valence-electron chi connectivity index (χ3n) is 8.18. The second-order valence-electron chi connectivity index (χ2n) is 10.8. The Kier molecular flexibility index (Phi) is 4.69. The normalized spacial score (nSPS) is 13.6. The highest BCUT2D eigenvalue weighted by atomic mass is 19.1. The van der Waals surface area contributed by atoms with E-state index in [1.807, 2.05) is 12.1 Å².